The number of rotatable bonds is 2. The molecule has 0 atom stereocenters. The number of carboxylic acids is 1. The van der Waals surface area contributed by atoms with Crippen LogP contribution < -0.4 is 9.80 Å². The highest BCUT2D eigenvalue weighted by Crippen LogP contribution is 2.46. The van der Waals surface area contributed by atoms with E-state index in [0.717, 1.165) is 16.9 Å². The van der Waals surface area contributed by atoms with Gasteiger partial charge in [0.05, 0.1) is 11.4 Å². The van der Waals surface area contributed by atoms with E-state index in [9.17, 15) is 9.90 Å². The normalized spacial score (nSPS) is 12.1. The minimum absolute atomic E-state index is 0.259. The van der Waals surface area contributed by atoms with E-state index in [1.54, 1.807) is 17.3 Å². The molecule has 0 radical (unpaired) electrons. The minimum Gasteiger partial charge on any atom is -0.472 e. The summed E-state index contributed by atoms with van der Waals surface area (Å²) in [4.78, 5) is 22.7. The van der Waals surface area contributed by atoms with Crippen LogP contribution in [0.15, 0.2) is 30.6 Å². The number of aliphatic hydroxyl groups excluding tert-OH is 1. The number of fused-ring (bicyclic) bond motifs is 2. The monoisotopic (exact) mass is 310 g/mol. The Kier molecular flexibility index (Phi) is 3.83. The van der Waals surface area contributed by atoms with Gasteiger partial charge in [0, 0.05) is 31.8 Å². The van der Waals surface area contributed by atoms with Gasteiger partial charge in [-0.15, -0.1) is 0 Å². The van der Waals surface area contributed by atoms with Crippen LogP contribution in [-0.2, 0) is 11.2 Å². The van der Waals surface area contributed by atoms with Crippen molar-refractivity contribution in [3.8, 4) is 11.8 Å². The van der Waals surface area contributed by atoms with E-state index >= 15 is 0 Å². The van der Waals surface area contributed by atoms with Crippen LogP contribution in [0.2, 0.25) is 0 Å². The van der Waals surface area contributed by atoms with Crippen molar-refractivity contribution < 1.29 is 15.0 Å². The molecule has 2 aromatic rings. The molecule has 2 heterocycles. The molecular formula is C16H14N4O3. The van der Waals surface area contributed by atoms with Crippen LogP contribution in [0, 0.1) is 11.8 Å². The summed E-state index contributed by atoms with van der Waals surface area (Å²) in [6.07, 6.45) is 3.42. The number of anilines is 4. The van der Waals surface area contributed by atoms with Crippen LogP contribution in [0.1, 0.15) is 5.56 Å². The van der Waals surface area contributed by atoms with E-state index in [-0.39, 0.29) is 13.2 Å². The second-order valence-electron chi connectivity index (χ2n) is 4.90. The first kappa shape index (κ1) is 14.8. The zero-order valence-electron chi connectivity index (χ0n) is 12.4. The highest BCUT2D eigenvalue weighted by atomic mass is 16.4. The summed E-state index contributed by atoms with van der Waals surface area (Å²) in [5.74, 6) is 4.75. The molecule has 1 aliphatic rings. The fraction of sp³-hybridized carbons (Fsp3) is 0.188. The van der Waals surface area contributed by atoms with Crippen LogP contribution in [0.3, 0.4) is 0 Å². The van der Waals surface area contributed by atoms with E-state index in [1.807, 2.05) is 30.1 Å². The van der Waals surface area contributed by atoms with Crippen molar-refractivity contribution in [1.82, 2.24) is 9.97 Å². The summed E-state index contributed by atoms with van der Waals surface area (Å²) in [7, 11) is 1.87. The molecule has 7 nitrogen and oxygen atoms in total. The molecule has 1 aromatic heterocycles. The lowest BCUT2D eigenvalue weighted by Gasteiger charge is -2.36. The number of carboxylic acid groups (broad SMARTS) is 1. The lowest BCUT2D eigenvalue weighted by molar-refractivity contribution is -0.130. The van der Waals surface area contributed by atoms with Crippen molar-refractivity contribution in [2.24, 2.45) is 0 Å². The zero-order valence-corrected chi connectivity index (χ0v) is 12.4. The van der Waals surface area contributed by atoms with Gasteiger partial charge >= 0.3 is 5.97 Å². The Bertz CT molecular complexity index is 826. The number of para-hydroxylation sites is 1. The van der Waals surface area contributed by atoms with Gasteiger partial charge in [-0.25, -0.2) is 14.8 Å². The van der Waals surface area contributed by atoms with Gasteiger partial charge in [-0.3, -0.25) is 4.90 Å². The maximum atomic E-state index is 10.6. The van der Waals surface area contributed by atoms with Crippen molar-refractivity contribution in [1.29, 1.82) is 0 Å². The summed E-state index contributed by atoms with van der Waals surface area (Å²) >= 11 is 0. The van der Waals surface area contributed by atoms with Gasteiger partial charge < -0.3 is 15.1 Å². The van der Waals surface area contributed by atoms with E-state index < -0.39 is 5.97 Å². The van der Waals surface area contributed by atoms with Crippen molar-refractivity contribution in [3.63, 3.8) is 0 Å². The first-order valence-electron chi connectivity index (χ1n) is 6.90. The van der Waals surface area contributed by atoms with Gasteiger partial charge in [0.2, 0.25) is 0 Å². The van der Waals surface area contributed by atoms with Gasteiger partial charge in [-0.05, 0) is 11.6 Å². The molecule has 0 amide bonds. The first-order valence-corrected chi connectivity index (χ1v) is 6.90. The number of benzene rings is 1. The topological polar surface area (TPSA) is 89.8 Å². The van der Waals surface area contributed by atoms with Crippen molar-refractivity contribution in [2.45, 2.75) is 6.42 Å². The van der Waals surface area contributed by atoms with E-state index in [4.69, 9.17) is 5.11 Å². The lowest BCUT2D eigenvalue weighted by atomic mass is 10.0. The van der Waals surface area contributed by atoms with Crippen LogP contribution in [0.5, 0.6) is 0 Å². The molecule has 1 aromatic carbocycles. The number of hydrogen-bond acceptors (Lipinski definition) is 6. The number of aromatic nitrogens is 2. The second-order valence-corrected chi connectivity index (χ2v) is 4.90. The second kappa shape index (κ2) is 5.94. The Hall–Kier alpha value is -3.11. The number of aliphatic carboxylic acids is 1. The fourth-order valence-corrected chi connectivity index (χ4v) is 2.63. The molecule has 0 aliphatic carbocycles. The molecule has 0 unspecified atom stereocenters. The predicted octanol–water partition coefficient (Wildman–Crippen LogP) is 1.28. The van der Waals surface area contributed by atoms with Crippen LogP contribution >= 0.6 is 0 Å². The first-order chi connectivity index (χ1) is 11.1. The van der Waals surface area contributed by atoms with Gasteiger partial charge in [0.25, 0.3) is 0 Å². The Labute approximate surface area is 132 Å². The minimum atomic E-state index is -1.16. The lowest BCUT2D eigenvalue weighted by Crippen LogP contribution is -2.30. The molecule has 0 bridgehead atoms. The largest absolute Gasteiger partial charge is 0.472 e. The van der Waals surface area contributed by atoms with Gasteiger partial charge in [0.15, 0.2) is 11.6 Å². The van der Waals surface area contributed by atoms with E-state index in [2.05, 4.69) is 21.8 Å². The Balaban J connectivity index is 2.12. The number of hydrogen-bond donors (Lipinski definition) is 2. The molecular weight excluding hydrogens is 296 g/mol. The van der Waals surface area contributed by atoms with Crippen LogP contribution in [0.25, 0.3) is 0 Å². The summed E-state index contributed by atoms with van der Waals surface area (Å²) in [5, 5.41) is 18.5. The number of aliphatic hydroxyl groups is 1. The Morgan fingerprint density at radius 2 is 2.00 bits per heavy atom. The molecule has 1 aliphatic heterocycles. The third-order valence-corrected chi connectivity index (χ3v) is 3.58. The Morgan fingerprint density at radius 3 is 2.70 bits per heavy atom. The van der Waals surface area contributed by atoms with Crippen molar-refractivity contribution in [2.75, 3.05) is 23.6 Å². The van der Waals surface area contributed by atoms with E-state index in [1.165, 1.54) is 0 Å². The Morgan fingerprint density at radius 1 is 1.26 bits per heavy atom. The zero-order chi connectivity index (χ0) is 16.4. The quantitative estimate of drug-likeness (QED) is 0.807. The summed E-state index contributed by atoms with van der Waals surface area (Å²) < 4.78 is 0. The average molecular weight is 310 g/mol. The molecule has 7 heteroatoms. The van der Waals surface area contributed by atoms with Crippen molar-refractivity contribution in [3.05, 3.63) is 36.2 Å². The average Bonchev–Trinajstić information content (AvgIpc) is 2.56. The molecule has 2 N–H and O–H groups in total. The van der Waals surface area contributed by atoms with E-state index in [0.29, 0.717) is 11.6 Å². The maximum Gasteiger partial charge on any atom is 0.381 e. The summed E-state index contributed by atoms with van der Waals surface area (Å²) in [6.45, 7) is -0.268. The fourth-order valence-electron chi connectivity index (χ4n) is 2.63. The molecule has 0 fully saturated rings. The van der Waals surface area contributed by atoms with Gasteiger partial charge in [0.1, 0.15) is 6.73 Å². The van der Waals surface area contributed by atoms with Crippen LogP contribution in [-0.4, -0.2) is 39.9 Å². The molecule has 116 valence electrons. The van der Waals surface area contributed by atoms with Crippen molar-refractivity contribution >= 4 is 29.0 Å². The highest BCUT2D eigenvalue weighted by molar-refractivity contribution is 5.91. The highest BCUT2D eigenvalue weighted by Gasteiger charge is 2.29. The molecule has 3 rings (SSSR count). The number of carbonyl (C=O) groups is 1. The smallest absolute Gasteiger partial charge is 0.381 e. The molecule has 0 saturated carbocycles. The molecule has 0 spiro atoms. The third-order valence-electron chi connectivity index (χ3n) is 3.58. The summed E-state index contributed by atoms with van der Waals surface area (Å²) in [5.41, 5.74) is 2.42. The van der Waals surface area contributed by atoms with Crippen LogP contribution in [0.4, 0.5) is 23.0 Å². The standard InChI is InChI=1S/C16H14N4O3/c1-19-12-6-2-4-11(5-3-7-13(22)23)14(12)20(10-21)16-15(19)17-8-9-18-16/h2,4,6,8-9,21H,5,10H2,1H3,(H,22,23). The SMILES string of the molecule is CN1c2cccc(CC#CC(=O)O)c2N(CO)c2nccnc21. The maximum absolute atomic E-state index is 10.6. The predicted molar refractivity (Wildman–Crippen MR) is 84.9 cm³/mol. The molecule has 0 saturated heterocycles. The third kappa shape index (κ3) is 2.56. The number of nitrogens with zero attached hydrogens (tertiary/aromatic N) is 4. The molecule has 23 heavy (non-hydrogen) atoms. The van der Waals surface area contributed by atoms with Gasteiger partial charge in [-0.2, -0.15) is 0 Å². The van der Waals surface area contributed by atoms with Gasteiger partial charge in [-0.1, -0.05) is 18.1 Å². The summed E-state index contributed by atoms with van der Waals surface area (Å²) in [6, 6.07) is 5.63.